The van der Waals surface area contributed by atoms with E-state index in [1.54, 1.807) is 25.1 Å². The molecule has 2 nitrogen and oxygen atoms in total. The quantitative estimate of drug-likeness (QED) is 0.834. The third-order valence-corrected chi connectivity index (χ3v) is 3.52. The number of hydrogen-bond donors (Lipinski definition) is 1. The summed E-state index contributed by atoms with van der Waals surface area (Å²) in [5.74, 6) is -0.647. The third-order valence-electron chi connectivity index (χ3n) is 2.60. The molecule has 0 bridgehead atoms. The van der Waals surface area contributed by atoms with Gasteiger partial charge in [-0.15, -0.1) is 0 Å². The first-order valence-electron chi connectivity index (χ1n) is 5.50. The number of carbonyl (C=O) groups excluding carboxylic acids is 1. The molecule has 1 amide bonds. The van der Waals surface area contributed by atoms with Crippen LogP contribution in [0.3, 0.4) is 0 Å². The molecule has 2 aromatic carbocycles. The molecule has 0 aliphatic heterocycles. The van der Waals surface area contributed by atoms with Crippen molar-refractivity contribution in [3.63, 3.8) is 0 Å². The number of rotatable bonds is 2. The summed E-state index contributed by atoms with van der Waals surface area (Å²) in [6, 6.07) is 9.31. The van der Waals surface area contributed by atoms with Gasteiger partial charge in [0.1, 0.15) is 5.82 Å². The first-order valence-corrected chi connectivity index (χ1v) is 6.67. The van der Waals surface area contributed by atoms with Crippen molar-refractivity contribution in [2.24, 2.45) is 0 Å². The maximum Gasteiger partial charge on any atom is 0.255 e. The van der Waals surface area contributed by atoms with Gasteiger partial charge in [0, 0.05) is 15.1 Å². The van der Waals surface area contributed by atoms with Crippen LogP contribution >= 0.6 is 27.5 Å². The molecule has 0 atom stereocenters. The van der Waals surface area contributed by atoms with Crippen LogP contribution in [-0.2, 0) is 0 Å². The number of carbonyl (C=O) groups is 1. The van der Waals surface area contributed by atoms with Crippen LogP contribution in [0.4, 0.5) is 10.1 Å². The van der Waals surface area contributed by atoms with E-state index in [9.17, 15) is 9.18 Å². The fourth-order valence-corrected chi connectivity index (χ4v) is 2.09. The van der Waals surface area contributed by atoms with Crippen molar-refractivity contribution in [1.82, 2.24) is 0 Å². The number of aryl methyl sites for hydroxylation is 1. The zero-order chi connectivity index (χ0) is 14.0. The lowest BCUT2D eigenvalue weighted by Gasteiger charge is -2.08. The Morgan fingerprint density at radius 2 is 2.00 bits per heavy atom. The summed E-state index contributed by atoms with van der Waals surface area (Å²) in [7, 11) is 0. The molecule has 0 spiro atoms. The van der Waals surface area contributed by atoms with Crippen LogP contribution in [0.1, 0.15) is 15.9 Å². The van der Waals surface area contributed by atoms with Crippen molar-refractivity contribution in [2.75, 3.05) is 5.32 Å². The Morgan fingerprint density at radius 1 is 1.26 bits per heavy atom. The average molecular weight is 343 g/mol. The van der Waals surface area contributed by atoms with Gasteiger partial charge >= 0.3 is 0 Å². The zero-order valence-electron chi connectivity index (χ0n) is 10.0. The molecule has 19 heavy (non-hydrogen) atoms. The van der Waals surface area contributed by atoms with Crippen molar-refractivity contribution in [3.05, 3.63) is 62.8 Å². The van der Waals surface area contributed by atoms with Crippen LogP contribution in [0, 0.1) is 12.7 Å². The summed E-state index contributed by atoms with van der Waals surface area (Å²) in [6.45, 7) is 1.61. The van der Waals surface area contributed by atoms with Crippen molar-refractivity contribution in [2.45, 2.75) is 6.92 Å². The number of anilines is 1. The monoisotopic (exact) mass is 341 g/mol. The van der Waals surface area contributed by atoms with E-state index in [4.69, 9.17) is 11.6 Å². The van der Waals surface area contributed by atoms with E-state index < -0.39 is 0 Å². The number of nitrogens with one attached hydrogen (secondary N) is 1. The molecule has 98 valence electrons. The lowest BCUT2D eigenvalue weighted by atomic mass is 10.1. The molecule has 0 aliphatic carbocycles. The van der Waals surface area contributed by atoms with Gasteiger partial charge in [0.05, 0.1) is 5.69 Å². The molecule has 0 saturated heterocycles. The minimum absolute atomic E-state index is 0.314. The maximum atomic E-state index is 13.1. The summed E-state index contributed by atoms with van der Waals surface area (Å²) in [5.41, 5.74) is 1.39. The maximum absolute atomic E-state index is 13.1. The van der Waals surface area contributed by atoms with Gasteiger partial charge in [-0.25, -0.2) is 4.39 Å². The van der Waals surface area contributed by atoms with Crippen LogP contribution in [0.5, 0.6) is 0 Å². The SMILES string of the molecule is Cc1cc(C(=O)Nc2cc(Cl)ccc2Br)ccc1F. The lowest BCUT2D eigenvalue weighted by Crippen LogP contribution is -2.12. The van der Waals surface area contributed by atoms with Crippen molar-refractivity contribution < 1.29 is 9.18 Å². The second kappa shape index (κ2) is 5.72. The summed E-state index contributed by atoms with van der Waals surface area (Å²) >= 11 is 9.19. The number of halogens is 3. The normalized spacial score (nSPS) is 10.3. The first-order chi connectivity index (χ1) is 8.97. The Hall–Kier alpha value is -1.39. The summed E-state index contributed by atoms with van der Waals surface area (Å²) < 4.78 is 13.9. The Kier molecular flexibility index (Phi) is 4.22. The van der Waals surface area contributed by atoms with Crippen LogP contribution < -0.4 is 5.32 Å². The third kappa shape index (κ3) is 3.33. The van der Waals surface area contributed by atoms with Crippen LogP contribution in [0.15, 0.2) is 40.9 Å². The molecular weight excluding hydrogens is 333 g/mol. The fraction of sp³-hybridized carbons (Fsp3) is 0.0714. The van der Waals surface area contributed by atoms with E-state index >= 15 is 0 Å². The molecule has 0 radical (unpaired) electrons. The van der Waals surface area contributed by atoms with Gasteiger partial charge in [0.25, 0.3) is 5.91 Å². The summed E-state index contributed by atoms with van der Waals surface area (Å²) in [5, 5.41) is 3.24. The molecule has 0 aromatic heterocycles. The molecule has 5 heteroatoms. The molecular formula is C14H10BrClFNO. The Balaban J connectivity index is 2.25. The summed E-state index contributed by atoms with van der Waals surface area (Å²) in [6.07, 6.45) is 0. The lowest BCUT2D eigenvalue weighted by molar-refractivity contribution is 0.102. The largest absolute Gasteiger partial charge is 0.321 e. The van der Waals surface area contributed by atoms with Gasteiger partial charge in [0.2, 0.25) is 0 Å². The van der Waals surface area contributed by atoms with Crippen LogP contribution in [-0.4, -0.2) is 5.91 Å². The average Bonchev–Trinajstić information content (AvgIpc) is 2.37. The van der Waals surface area contributed by atoms with Crippen LogP contribution in [0.2, 0.25) is 5.02 Å². The standard InChI is InChI=1S/C14H10BrClFNO/c1-8-6-9(2-5-12(8)17)14(19)18-13-7-10(16)3-4-11(13)15/h2-7H,1H3,(H,18,19). The molecule has 0 fully saturated rings. The van der Waals surface area contributed by atoms with E-state index in [0.717, 1.165) is 4.47 Å². The van der Waals surface area contributed by atoms with E-state index in [-0.39, 0.29) is 11.7 Å². The highest BCUT2D eigenvalue weighted by Crippen LogP contribution is 2.26. The van der Waals surface area contributed by atoms with Crippen molar-refractivity contribution in [1.29, 1.82) is 0 Å². The van der Waals surface area contributed by atoms with E-state index in [0.29, 0.717) is 21.8 Å². The highest BCUT2D eigenvalue weighted by molar-refractivity contribution is 9.10. The second-order valence-electron chi connectivity index (χ2n) is 4.04. The minimum atomic E-state index is -0.333. The van der Waals surface area contributed by atoms with E-state index in [1.165, 1.54) is 18.2 Å². The van der Waals surface area contributed by atoms with Gasteiger partial charge in [0.15, 0.2) is 0 Å². The molecule has 1 N–H and O–H groups in total. The van der Waals surface area contributed by atoms with Gasteiger partial charge in [-0.1, -0.05) is 11.6 Å². The number of hydrogen-bond acceptors (Lipinski definition) is 1. The smallest absolute Gasteiger partial charge is 0.255 e. The van der Waals surface area contributed by atoms with Crippen molar-refractivity contribution >= 4 is 39.1 Å². The minimum Gasteiger partial charge on any atom is -0.321 e. The predicted molar refractivity (Wildman–Crippen MR) is 78.2 cm³/mol. The Bertz CT molecular complexity index is 645. The highest BCUT2D eigenvalue weighted by atomic mass is 79.9. The molecule has 0 unspecified atom stereocenters. The van der Waals surface area contributed by atoms with Gasteiger partial charge in [-0.05, 0) is 64.8 Å². The Labute approximate surface area is 123 Å². The van der Waals surface area contributed by atoms with Crippen molar-refractivity contribution in [3.8, 4) is 0 Å². The highest BCUT2D eigenvalue weighted by Gasteiger charge is 2.10. The molecule has 0 heterocycles. The van der Waals surface area contributed by atoms with E-state index in [1.807, 2.05) is 0 Å². The van der Waals surface area contributed by atoms with E-state index in [2.05, 4.69) is 21.2 Å². The molecule has 0 saturated carbocycles. The second-order valence-corrected chi connectivity index (χ2v) is 5.33. The molecule has 2 rings (SSSR count). The van der Waals surface area contributed by atoms with Crippen LogP contribution in [0.25, 0.3) is 0 Å². The fourth-order valence-electron chi connectivity index (χ4n) is 1.57. The summed E-state index contributed by atoms with van der Waals surface area (Å²) in [4.78, 5) is 12.0. The van der Waals surface area contributed by atoms with Gasteiger partial charge in [-0.2, -0.15) is 0 Å². The zero-order valence-corrected chi connectivity index (χ0v) is 12.3. The first kappa shape index (κ1) is 14.0. The Morgan fingerprint density at radius 3 is 2.68 bits per heavy atom. The number of benzene rings is 2. The molecule has 2 aromatic rings. The number of amides is 1. The predicted octanol–water partition coefficient (Wildman–Crippen LogP) is 4.80. The molecule has 0 aliphatic rings. The van der Waals surface area contributed by atoms with Gasteiger partial charge in [-0.3, -0.25) is 4.79 Å². The topological polar surface area (TPSA) is 29.1 Å². The van der Waals surface area contributed by atoms with Gasteiger partial charge < -0.3 is 5.32 Å².